The minimum absolute atomic E-state index is 0.0748. The number of carbonyl (C=O) groups excluding carboxylic acids is 2. The second kappa shape index (κ2) is 9.29. The molecular formula is C23H23BrNO4S+. The van der Waals surface area contributed by atoms with Gasteiger partial charge in [-0.15, -0.1) is 0 Å². The Morgan fingerprint density at radius 2 is 1.63 bits per heavy atom. The van der Waals surface area contributed by atoms with E-state index in [0.717, 1.165) is 17.3 Å². The summed E-state index contributed by atoms with van der Waals surface area (Å²) < 4.78 is 0.461. The van der Waals surface area contributed by atoms with Crippen LogP contribution in [0.15, 0.2) is 59.1 Å². The van der Waals surface area contributed by atoms with Crippen LogP contribution in [0.25, 0.3) is 0 Å². The Labute approximate surface area is 189 Å². The minimum Gasteiger partial charge on any atom is -0.435 e. The van der Waals surface area contributed by atoms with Crippen LogP contribution in [-0.2, 0) is 0 Å². The highest BCUT2D eigenvalue weighted by Crippen LogP contribution is 2.32. The second-order valence-corrected chi connectivity index (χ2v) is 9.01. The molecule has 0 aliphatic carbocycles. The molecule has 3 atom stereocenters. The summed E-state index contributed by atoms with van der Waals surface area (Å²) in [4.78, 5) is 39.0. The van der Waals surface area contributed by atoms with Gasteiger partial charge in [-0.25, -0.2) is 0 Å². The third-order valence-corrected chi connectivity index (χ3v) is 6.89. The van der Waals surface area contributed by atoms with Gasteiger partial charge in [0.2, 0.25) is 0 Å². The first kappa shape index (κ1) is 22.5. The van der Waals surface area contributed by atoms with Crippen molar-refractivity contribution in [2.75, 3.05) is 6.54 Å². The minimum atomic E-state index is -1.07. The van der Waals surface area contributed by atoms with E-state index in [1.165, 1.54) is 0 Å². The standard InChI is InChI=1S/C23H22BrNO4S/c1-15-6-5-13-25(15,23(28)29)20(30)14-19(21(26)16-7-3-2-4-8-16)22(27)17-9-11-18(24)12-10-17/h2-4,7-12,15,19H,5-6,13-14H2,1H3/p+1/t15-,19?,25?/m1/s1. The van der Waals surface area contributed by atoms with Crippen LogP contribution in [0.4, 0.5) is 4.79 Å². The Morgan fingerprint density at radius 1 is 1.07 bits per heavy atom. The molecule has 3 rings (SSSR count). The fraction of sp³-hybridized carbons (Fsp3) is 0.304. The first-order valence-electron chi connectivity index (χ1n) is 9.81. The maximum atomic E-state index is 13.3. The average Bonchev–Trinajstić information content (AvgIpc) is 3.14. The van der Waals surface area contributed by atoms with E-state index in [1.807, 2.05) is 6.92 Å². The monoisotopic (exact) mass is 488 g/mol. The number of thiocarbonyl (C=S) groups is 1. The number of ketones is 2. The zero-order valence-electron chi connectivity index (χ0n) is 16.6. The predicted octanol–water partition coefficient (Wildman–Crippen LogP) is 5.53. The second-order valence-electron chi connectivity index (χ2n) is 7.62. The number of carboxylic acid groups (broad SMARTS) is 1. The number of amides is 1. The highest BCUT2D eigenvalue weighted by Gasteiger charge is 2.51. The highest BCUT2D eigenvalue weighted by atomic mass is 79.9. The number of carbonyl (C=O) groups is 3. The van der Waals surface area contributed by atoms with E-state index >= 15 is 0 Å². The number of nitrogens with zero attached hydrogens (tertiary/aromatic N) is 1. The molecule has 1 aliphatic rings. The van der Waals surface area contributed by atoms with Crippen molar-refractivity contribution in [1.82, 2.24) is 0 Å². The number of likely N-dealkylation sites (tertiary alicyclic amines) is 1. The van der Waals surface area contributed by atoms with Gasteiger partial charge in [-0.2, -0.15) is 9.28 Å². The Balaban J connectivity index is 1.98. The topological polar surface area (TPSA) is 71.4 Å². The highest BCUT2D eigenvalue weighted by molar-refractivity contribution is 9.10. The summed E-state index contributed by atoms with van der Waals surface area (Å²) in [7, 11) is 0. The van der Waals surface area contributed by atoms with Gasteiger partial charge in [0.05, 0.1) is 18.9 Å². The first-order valence-corrected chi connectivity index (χ1v) is 11.0. The van der Waals surface area contributed by atoms with Gasteiger partial charge < -0.3 is 5.11 Å². The van der Waals surface area contributed by atoms with Crippen molar-refractivity contribution in [2.24, 2.45) is 5.92 Å². The van der Waals surface area contributed by atoms with Gasteiger partial charge in [-0.3, -0.25) is 9.59 Å². The number of hydrogen-bond acceptors (Lipinski definition) is 4. The Hall–Kier alpha value is -2.22. The summed E-state index contributed by atoms with van der Waals surface area (Å²) in [5, 5.41) is 9.97. The van der Waals surface area contributed by atoms with Crippen LogP contribution in [0, 0.1) is 5.92 Å². The molecule has 1 aliphatic heterocycles. The number of benzene rings is 2. The van der Waals surface area contributed by atoms with Crippen LogP contribution in [0.3, 0.4) is 0 Å². The van der Waals surface area contributed by atoms with E-state index in [1.54, 1.807) is 54.6 Å². The number of Topliss-reactive ketones (excluding diaryl/α,β-unsaturated/α-hetero) is 2. The van der Waals surface area contributed by atoms with Crippen LogP contribution in [0.5, 0.6) is 0 Å². The summed E-state index contributed by atoms with van der Waals surface area (Å²) in [6.45, 7) is 2.24. The Morgan fingerprint density at radius 3 is 2.13 bits per heavy atom. The zero-order valence-corrected chi connectivity index (χ0v) is 19.0. The third-order valence-electron chi connectivity index (χ3n) is 5.87. The lowest BCUT2D eigenvalue weighted by molar-refractivity contribution is -0.776. The fourth-order valence-corrected chi connectivity index (χ4v) is 4.88. The predicted molar refractivity (Wildman–Crippen MR) is 122 cm³/mol. The molecule has 1 saturated heterocycles. The maximum Gasteiger partial charge on any atom is 0.519 e. The first-order chi connectivity index (χ1) is 14.3. The van der Waals surface area contributed by atoms with Crippen molar-refractivity contribution in [3.8, 4) is 0 Å². The lowest BCUT2D eigenvalue weighted by atomic mass is 9.87. The molecule has 2 unspecified atom stereocenters. The Bertz CT molecular complexity index is 976. The smallest absolute Gasteiger partial charge is 0.435 e. The molecule has 1 heterocycles. The van der Waals surface area contributed by atoms with Gasteiger partial charge >= 0.3 is 6.09 Å². The molecule has 0 aromatic heterocycles. The number of quaternary nitrogens is 1. The zero-order chi connectivity index (χ0) is 21.9. The van der Waals surface area contributed by atoms with Crippen molar-refractivity contribution < 1.29 is 24.0 Å². The van der Waals surface area contributed by atoms with Crippen molar-refractivity contribution in [3.05, 3.63) is 70.2 Å². The van der Waals surface area contributed by atoms with Crippen molar-refractivity contribution in [1.29, 1.82) is 0 Å². The van der Waals surface area contributed by atoms with Crippen molar-refractivity contribution in [3.63, 3.8) is 0 Å². The molecule has 1 amide bonds. The summed E-state index contributed by atoms with van der Waals surface area (Å²) in [6.07, 6.45) is 0.386. The van der Waals surface area contributed by atoms with Crippen molar-refractivity contribution >= 4 is 50.8 Å². The van der Waals surface area contributed by atoms with E-state index in [0.29, 0.717) is 17.7 Å². The van der Waals surface area contributed by atoms with E-state index in [4.69, 9.17) is 12.2 Å². The summed E-state index contributed by atoms with van der Waals surface area (Å²) in [5.74, 6) is -1.77. The van der Waals surface area contributed by atoms with Gasteiger partial charge in [0.1, 0.15) is 6.04 Å². The van der Waals surface area contributed by atoms with Crippen LogP contribution in [0.2, 0.25) is 0 Å². The fourth-order valence-electron chi connectivity index (χ4n) is 4.10. The van der Waals surface area contributed by atoms with E-state index in [2.05, 4.69) is 15.9 Å². The molecular weight excluding hydrogens is 466 g/mol. The SMILES string of the molecule is C[C@@H]1CCC[N+]1(C(=O)O)C(=S)CC(C(=O)c1ccccc1)C(=O)c1ccc(Br)cc1. The molecule has 2 aromatic rings. The molecule has 0 radical (unpaired) electrons. The normalized spacial score (nSPS) is 21.7. The van der Waals surface area contributed by atoms with Crippen LogP contribution < -0.4 is 0 Å². The van der Waals surface area contributed by atoms with Gasteiger partial charge in [0, 0.05) is 28.4 Å². The maximum absolute atomic E-state index is 13.3. The molecule has 5 nitrogen and oxygen atoms in total. The summed E-state index contributed by atoms with van der Waals surface area (Å²) in [6, 6.07) is 15.2. The largest absolute Gasteiger partial charge is 0.519 e. The quantitative estimate of drug-likeness (QED) is 0.250. The van der Waals surface area contributed by atoms with Gasteiger partial charge in [-0.05, 0) is 31.3 Å². The van der Waals surface area contributed by atoms with Crippen LogP contribution >= 0.6 is 28.1 Å². The van der Waals surface area contributed by atoms with Crippen LogP contribution in [-0.4, -0.2) is 44.8 Å². The lowest BCUT2D eigenvalue weighted by Crippen LogP contribution is -2.58. The third kappa shape index (κ3) is 4.29. The summed E-state index contributed by atoms with van der Waals surface area (Å²) >= 11 is 8.94. The molecule has 156 valence electrons. The van der Waals surface area contributed by atoms with E-state index in [-0.39, 0.29) is 33.5 Å². The number of rotatable bonds is 6. The molecule has 0 saturated carbocycles. The van der Waals surface area contributed by atoms with Gasteiger partial charge in [0.15, 0.2) is 16.6 Å². The molecule has 2 aromatic carbocycles. The molecule has 1 N–H and O–H groups in total. The molecule has 7 heteroatoms. The summed E-state index contributed by atoms with van der Waals surface area (Å²) in [5.41, 5.74) is 0.804. The lowest BCUT2D eigenvalue weighted by Gasteiger charge is -2.33. The van der Waals surface area contributed by atoms with E-state index < -0.39 is 12.0 Å². The van der Waals surface area contributed by atoms with Gasteiger partial charge in [-0.1, -0.05) is 58.4 Å². The van der Waals surface area contributed by atoms with Crippen molar-refractivity contribution in [2.45, 2.75) is 32.2 Å². The number of hydrogen-bond donors (Lipinski definition) is 1. The molecule has 1 fully saturated rings. The molecule has 30 heavy (non-hydrogen) atoms. The number of halogens is 1. The van der Waals surface area contributed by atoms with Gasteiger partial charge in [0.25, 0.3) is 0 Å². The van der Waals surface area contributed by atoms with E-state index in [9.17, 15) is 19.5 Å². The Kier molecular flexibility index (Phi) is 6.95. The average molecular weight is 489 g/mol. The molecule has 0 spiro atoms. The molecule has 0 bridgehead atoms. The van der Waals surface area contributed by atoms with Crippen LogP contribution in [0.1, 0.15) is 46.9 Å².